The number of piperidine rings is 1. The Morgan fingerprint density at radius 2 is 2.06 bits per heavy atom. The molecule has 2 rings (SSSR count). The Kier molecular flexibility index (Phi) is 3.97. The van der Waals surface area contributed by atoms with E-state index in [1.54, 1.807) is 0 Å². The van der Waals surface area contributed by atoms with Crippen LogP contribution in [0, 0.1) is 11.8 Å². The maximum Gasteiger partial charge on any atom is 0.223 e. The number of halogens is 1. The Morgan fingerprint density at radius 1 is 1.31 bits per heavy atom. The highest BCUT2D eigenvalue weighted by Gasteiger charge is 2.24. The quantitative estimate of drug-likeness (QED) is 0.676. The molecule has 0 radical (unpaired) electrons. The smallest absolute Gasteiger partial charge is 0.223 e. The first kappa shape index (κ1) is 11.6. The van der Waals surface area contributed by atoms with Crippen LogP contribution in [0.2, 0.25) is 0 Å². The normalized spacial score (nSPS) is 26.3. The van der Waals surface area contributed by atoms with E-state index in [2.05, 4.69) is 12.2 Å². The number of alkyl halides is 1. The molecule has 16 heavy (non-hydrogen) atoms. The summed E-state index contributed by atoms with van der Waals surface area (Å²) in [7, 11) is 0. The molecule has 0 aromatic rings. The van der Waals surface area contributed by atoms with Crippen LogP contribution in [0.4, 0.5) is 4.39 Å². The molecule has 1 heterocycles. The first-order valence-electron chi connectivity index (χ1n) is 6.30. The molecule has 1 saturated heterocycles. The molecule has 0 bridgehead atoms. The van der Waals surface area contributed by atoms with Gasteiger partial charge in [-0.15, -0.1) is 0 Å². The molecule has 2 nitrogen and oxygen atoms in total. The second-order valence-corrected chi connectivity index (χ2v) is 4.95. The van der Waals surface area contributed by atoms with Crippen molar-refractivity contribution in [2.24, 2.45) is 11.8 Å². The van der Waals surface area contributed by atoms with E-state index in [4.69, 9.17) is 0 Å². The molecule has 1 aliphatic carbocycles. The Hall–Kier alpha value is -0.860. The molecule has 1 fully saturated rings. The van der Waals surface area contributed by atoms with E-state index < -0.39 is 0 Å². The molecule has 0 aromatic heterocycles. The topological polar surface area (TPSA) is 20.3 Å². The molecule has 0 spiro atoms. The molecule has 2 aliphatic rings. The zero-order chi connectivity index (χ0) is 11.4. The molecule has 1 amide bonds. The molecule has 1 atom stereocenters. The second kappa shape index (κ2) is 5.46. The van der Waals surface area contributed by atoms with E-state index >= 15 is 0 Å². The van der Waals surface area contributed by atoms with Gasteiger partial charge in [-0.3, -0.25) is 9.18 Å². The first-order valence-corrected chi connectivity index (χ1v) is 6.30. The van der Waals surface area contributed by atoms with Gasteiger partial charge in [-0.1, -0.05) is 12.2 Å². The van der Waals surface area contributed by atoms with E-state index in [1.807, 2.05) is 4.90 Å². The van der Waals surface area contributed by atoms with Gasteiger partial charge in [-0.25, -0.2) is 0 Å². The minimum atomic E-state index is -0.229. The van der Waals surface area contributed by atoms with Gasteiger partial charge in [0.05, 0.1) is 6.67 Å². The van der Waals surface area contributed by atoms with E-state index in [-0.39, 0.29) is 18.5 Å². The Balaban J connectivity index is 1.75. The molecule has 3 heteroatoms. The summed E-state index contributed by atoms with van der Waals surface area (Å²) in [6.07, 6.45) is 8.87. The van der Waals surface area contributed by atoms with E-state index in [0.29, 0.717) is 12.3 Å². The third kappa shape index (κ3) is 2.83. The number of nitrogens with zero attached hydrogens (tertiary/aromatic N) is 1. The van der Waals surface area contributed by atoms with Crippen molar-refractivity contribution in [2.75, 3.05) is 19.8 Å². The van der Waals surface area contributed by atoms with Crippen LogP contribution in [0.5, 0.6) is 0 Å². The van der Waals surface area contributed by atoms with Crippen molar-refractivity contribution in [3.8, 4) is 0 Å². The monoisotopic (exact) mass is 225 g/mol. The summed E-state index contributed by atoms with van der Waals surface area (Å²) in [5.41, 5.74) is 0. The van der Waals surface area contributed by atoms with Gasteiger partial charge in [0.25, 0.3) is 0 Å². The van der Waals surface area contributed by atoms with Crippen LogP contribution in [0.1, 0.15) is 32.1 Å². The van der Waals surface area contributed by atoms with Gasteiger partial charge in [0.1, 0.15) is 0 Å². The summed E-state index contributed by atoms with van der Waals surface area (Å²) < 4.78 is 12.4. The predicted molar refractivity (Wildman–Crippen MR) is 61.8 cm³/mol. The van der Waals surface area contributed by atoms with Gasteiger partial charge >= 0.3 is 0 Å². The summed E-state index contributed by atoms with van der Waals surface area (Å²) in [5, 5.41) is 0. The molecule has 0 unspecified atom stereocenters. The van der Waals surface area contributed by atoms with Gasteiger partial charge in [-0.05, 0) is 37.5 Å². The highest BCUT2D eigenvalue weighted by Crippen LogP contribution is 2.23. The lowest BCUT2D eigenvalue weighted by atomic mass is 9.97. The van der Waals surface area contributed by atoms with Gasteiger partial charge in [0.2, 0.25) is 5.91 Å². The highest BCUT2D eigenvalue weighted by atomic mass is 19.1. The zero-order valence-electron chi connectivity index (χ0n) is 9.70. The minimum absolute atomic E-state index is 0.190. The van der Waals surface area contributed by atoms with Crippen molar-refractivity contribution in [1.29, 1.82) is 0 Å². The molecule has 0 aromatic carbocycles. The number of rotatable bonds is 3. The fourth-order valence-corrected chi connectivity index (χ4v) is 2.56. The summed E-state index contributed by atoms with van der Waals surface area (Å²) in [6, 6.07) is 0. The van der Waals surface area contributed by atoms with Crippen LogP contribution in [-0.4, -0.2) is 30.6 Å². The van der Waals surface area contributed by atoms with E-state index in [9.17, 15) is 9.18 Å². The Morgan fingerprint density at radius 3 is 2.62 bits per heavy atom. The number of hydrogen-bond donors (Lipinski definition) is 0. The Labute approximate surface area is 96.5 Å². The average molecular weight is 225 g/mol. The van der Waals surface area contributed by atoms with Crippen molar-refractivity contribution in [3.63, 3.8) is 0 Å². The molecule has 0 saturated carbocycles. The standard InChI is InChI=1S/C13H20FNO/c14-10-12-5-7-15(8-6-12)13(16)9-11-3-1-2-4-11/h1,3,11-12H,2,4-10H2/t11-/m0/s1. The van der Waals surface area contributed by atoms with Crippen LogP contribution >= 0.6 is 0 Å². The number of allylic oxidation sites excluding steroid dienone is 2. The van der Waals surface area contributed by atoms with Crippen molar-refractivity contribution >= 4 is 5.91 Å². The Bertz CT molecular complexity index is 269. The lowest BCUT2D eigenvalue weighted by Gasteiger charge is -2.31. The van der Waals surface area contributed by atoms with Gasteiger partial charge in [0, 0.05) is 19.5 Å². The molecule has 90 valence electrons. The van der Waals surface area contributed by atoms with Crippen molar-refractivity contribution < 1.29 is 9.18 Å². The van der Waals surface area contributed by atoms with E-state index in [1.165, 1.54) is 0 Å². The number of carbonyl (C=O) groups is 1. The van der Waals surface area contributed by atoms with E-state index in [0.717, 1.165) is 38.8 Å². The molecule has 1 aliphatic heterocycles. The lowest BCUT2D eigenvalue weighted by Crippen LogP contribution is -2.39. The van der Waals surface area contributed by atoms with Crippen molar-refractivity contribution in [3.05, 3.63) is 12.2 Å². The third-order valence-electron chi connectivity index (χ3n) is 3.73. The summed E-state index contributed by atoms with van der Waals surface area (Å²) in [6.45, 7) is 1.28. The SMILES string of the molecule is O=C(C[C@H]1C=CCC1)N1CCC(CF)CC1. The van der Waals surface area contributed by atoms with Crippen LogP contribution in [0.25, 0.3) is 0 Å². The zero-order valence-corrected chi connectivity index (χ0v) is 9.70. The number of carbonyl (C=O) groups excluding carboxylic acids is 1. The fraction of sp³-hybridized carbons (Fsp3) is 0.769. The van der Waals surface area contributed by atoms with Gasteiger partial charge in [-0.2, -0.15) is 0 Å². The predicted octanol–water partition coefficient (Wildman–Crippen LogP) is 2.55. The van der Waals surface area contributed by atoms with Crippen LogP contribution in [-0.2, 0) is 4.79 Å². The van der Waals surface area contributed by atoms with Crippen molar-refractivity contribution in [2.45, 2.75) is 32.1 Å². The maximum absolute atomic E-state index is 12.4. The first-order chi connectivity index (χ1) is 7.79. The summed E-state index contributed by atoms with van der Waals surface area (Å²) in [4.78, 5) is 13.9. The van der Waals surface area contributed by atoms with Crippen LogP contribution < -0.4 is 0 Å². The van der Waals surface area contributed by atoms with Gasteiger partial charge < -0.3 is 4.90 Å². The molecule has 0 N–H and O–H groups in total. The molecular weight excluding hydrogens is 205 g/mol. The minimum Gasteiger partial charge on any atom is -0.343 e. The second-order valence-electron chi connectivity index (χ2n) is 4.95. The van der Waals surface area contributed by atoms with Crippen molar-refractivity contribution in [1.82, 2.24) is 4.90 Å². The number of hydrogen-bond acceptors (Lipinski definition) is 1. The number of likely N-dealkylation sites (tertiary alicyclic amines) is 1. The van der Waals surface area contributed by atoms with Crippen LogP contribution in [0.3, 0.4) is 0 Å². The largest absolute Gasteiger partial charge is 0.343 e. The molecular formula is C13H20FNO. The maximum atomic E-state index is 12.4. The summed E-state index contributed by atoms with van der Waals surface area (Å²) in [5.74, 6) is 0.899. The lowest BCUT2D eigenvalue weighted by molar-refractivity contribution is -0.133. The highest BCUT2D eigenvalue weighted by molar-refractivity contribution is 5.76. The van der Waals surface area contributed by atoms with Gasteiger partial charge in [0.15, 0.2) is 0 Å². The third-order valence-corrected chi connectivity index (χ3v) is 3.73. The average Bonchev–Trinajstić information content (AvgIpc) is 2.82. The number of amides is 1. The fourth-order valence-electron chi connectivity index (χ4n) is 2.56. The van der Waals surface area contributed by atoms with Crippen LogP contribution in [0.15, 0.2) is 12.2 Å². The summed E-state index contributed by atoms with van der Waals surface area (Å²) >= 11 is 0.